The van der Waals surface area contributed by atoms with E-state index in [1.165, 1.54) is 13.2 Å². The van der Waals surface area contributed by atoms with E-state index in [0.717, 1.165) is 24.9 Å². The molecule has 1 aromatic heterocycles. The van der Waals surface area contributed by atoms with Crippen LogP contribution in [0.2, 0.25) is 5.02 Å². The minimum absolute atomic E-state index is 0.0482. The zero-order valence-corrected chi connectivity index (χ0v) is 17.1. The Balaban J connectivity index is 1.70. The molecule has 1 N–H and O–H groups in total. The third-order valence-electron chi connectivity index (χ3n) is 4.33. The molecule has 0 aliphatic carbocycles. The molecule has 7 nitrogen and oxygen atoms in total. The van der Waals surface area contributed by atoms with Gasteiger partial charge in [-0.25, -0.2) is 9.07 Å². The zero-order valence-electron chi connectivity index (χ0n) is 16.4. The molecule has 0 radical (unpaired) electrons. The lowest BCUT2D eigenvalue weighted by atomic mass is 10.2. The molecular weight excluding hydrogens is 397 g/mol. The summed E-state index contributed by atoms with van der Waals surface area (Å²) < 4.78 is 26.7. The van der Waals surface area contributed by atoms with Gasteiger partial charge in [0.05, 0.1) is 12.1 Å². The van der Waals surface area contributed by atoms with Crippen molar-refractivity contribution in [2.45, 2.75) is 39.5 Å². The van der Waals surface area contributed by atoms with Crippen LogP contribution in [0.4, 0.5) is 10.3 Å². The van der Waals surface area contributed by atoms with Gasteiger partial charge in [-0.05, 0) is 40.6 Å². The average Bonchev–Trinajstić information content (AvgIpc) is 3.18. The van der Waals surface area contributed by atoms with Gasteiger partial charge in [0.2, 0.25) is 5.95 Å². The largest absolute Gasteiger partial charge is 0.493 e. The number of aryl methyl sites for hydroxylation is 1. The predicted molar refractivity (Wildman–Crippen MR) is 109 cm³/mol. The van der Waals surface area contributed by atoms with Crippen LogP contribution in [0, 0.1) is 5.82 Å². The summed E-state index contributed by atoms with van der Waals surface area (Å²) >= 11 is 6.41. The molecule has 0 saturated carbocycles. The molecule has 0 aliphatic heterocycles. The molecule has 0 bridgehead atoms. The number of halogens is 2. The third-order valence-corrected chi connectivity index (χ3v) is 4.61. The zero-order chi connectivity index (χ0) is 20.6. The monoisotopic (exact) mass is 419 g/mol. The van der Waals surface area contributed by atoms with Crippen molar-refractivity contribution >= 4 is 17.5 Å². The molecule has 3 aromatic rings. The summed E-state index contributed by atoms with van der Waals surface area (Å²) in [6.45, 7) is 3.36. The summed E-state index contributed by atoms with van der Waals surface area (Å²) in [5.74, 6) is 1.10. The van der Waals surface area contributed by atoms with Crippen molar-refractivity contribution in [1.29, 1.82) is 0 Å². The van der Waals surface area contributed by atoms with Gasteiger partial charge in [-0.2, -0.15) is 0 Å². The molecule has 0 amide bonds. The number of unbranched alkanes of at least 4 members (excludes halogenated alkanes) is 1. The van der Waals surface area contributed by atoms with Crippen molar-refractivity contribution in [1.82, 2.24) is 20.2 Å². The highest BCUT2D eigenvalue weighted by molar-refractivity contribution is 6.32. The lowest BCUT2D eigenvalue weighted by molar-refractivity contribution is 0.280. The van der Waals surface area contributed by atoms with Crippen molar-refractivity contribution in [3.8, 4) is 11.5 Å². The van der Waals surface area contributed by atoms with Gasteiger partial charge in [0, 0.05) is 18.7 Å². The van der Waals surface area contributed by atoms with E-state index in [2.05, 4.69) is 27.8 Å². The van der Waals surface area contributed by atoms with Crippen LogP contribution >= 0.6 is 11.6 Å². The molecule has 1 heterocycles. The summed E-state index contributed by atoms with van der Waals surface area (Å²) in [5, 5.41) is 15.3. The standard InChI is InChI=1S/C20H23ClFN5O2/c1-3-4-9-27-20(24-25-26-27)23-12-14-10-16(21)19(18(11-14)28-2)29-13-15-7-5-6-8-17(15)22/h5-8,10-11H,3-4,9,12-13H2,1-2H3,(H,23,24,26). The Labute approximate surface area is 173 Å². The van der Waals surface area contributed by atoms with Crippen LogP contribution in [-0.4, -0.2) is 27.3 Å². The number of anilines is 1. The number of aromatic nitrogens is 4. The van der Waals surface area contributed by atoms with Gasteiger partial charge in [0.25, 0.3) is 0 Å². The maximum absolute atomic E-state index is 13.8. The maximum Gasteiger partial charge on any atom is 0.243 e. The van der Waals surface area contributed by atoms with Crippen LogP contribution in [0.5, 0.6) is 11.5 Å². The van der Waals surface area contributed by atoms with Crippen LogP contribution < -0.4 is 14.8 Å². The summed E-state index contributed by atoms with van der Waals surface area (Å²) in [4.78, 5) is 0. The number of rotatable bonds is 10. The lowest BCUT2D eigenvalue weighted by Crippen LogP contribution is -2.09. The van der Waals surface area contributed by atoms with Crippen LogP contribution in [-0.2, 0) is 19.7 Å². The summed E-state index contributed by atoms with van der Waals surface area (Å²) in [5.41, 5.74) is 1.31. The Kier molecular flexibility index (Phi) is 7.24. The first-order chi connectivity index (χ1) is 14.1. The van der Waals surface area contributed by atoms with E-state index in [1.807, 2.05) is 6.07 Å². The lowest BCUT2D eigenvalue weighted by Gasteiger charge is -2.15. The predicted octanol–water partition coefficient (Wildman–Crippen LogP) is 4.47. The Morgan fingerprint density at radius 3 is 2.83 bits per heavy atom. The highest BCUT2D eigenvalue weighted by Crippen LogP contribution is 2.37. The van der Waals surface area contributed by atoms with Gasteiger partial charge < -0.3 is 14.8 Å². The molecule has 0 atom stereocenters. The number of nitrogens with zero attached hydrogens (tertiary/aromatic N) is 4. The maximum atomic E-state index is 13.8. The molecule has 9 heteroatoms. The molecule has 29 heavy (non-hydrogen) atoms. The molecule has 0 fully saturated rings. The Morgan fingerprint density at radius 2 is 2.07 bits per heavy atom. The first kappa shape index (κ1) is 20.9. The number of tetrazole rings is 1. The average molecular weight is 420 g/mol. The fourth-order valence-corrected chi connectivity index (χ4v) is 3.04. The molecule has 3 rings (SSSR count). The highest BCUT2D eigenvalue weighted by atomic mass is 35.5. The first-order valence-electron chi connectivity index (χ1n) is 9.35. The van der Waals surface area contributed by atoms with Crippen molar-refractivity contribution in [2.24, 2.45) is 0 Å². The number of hydrogen-bond donors (Lipinski definition) is 1. The van der Waals surface area contributed by atoms with Gasteiger partial charge in [-0.15, -0.1) is 0 Å². The van der Waals surface area contributed by atoms with E-state index >= 15 is 0 Å². The van der Waals surface area contributed by atoms with Crippen molar-refractivity contribution in [3.05, 3.63) is 58.4 Å². The van der Waals surface area contributed by atoms with Crippen LogP contribution in [0.1, 0.15) is 30.9 Å². The highest BCUT2D eigenvalue weighted by Gasteiger charge is 2.14. The van der Waals surface area contributed by atoms with Crippen molar-refractivity contribution in [2.75, 3.05) is 12.4 Å². The third kappa shape index (κ3) is 5.35. The second-order valence-electron chi connectivity index (χ2n) is 6.42. The molecular formula is C20H23ClFN5O2. The van der Waals surface area contributed by atoms with E-state index in [0.29, 0.717) is 34.6 Å². The molecule has 2 aromatic carbocycles. The van der Waals surface area contributed by atoms with Gasteiger partial charge >= 0.3 is 0 Å². The number of benzene rings is 2. The Bertz CT molecular complexity index is 950. The van der Waals surface area contributed by atoms with Crippen molar-refractivity contribution in [3.63, 3.8) is 0 Å². The van der Waals surface area contributed by atoms with E-state index in [-0.39, 0.29) is 12.4 Å². The topological polar surface area (TPSA) is 74.1 Å². The first-order valence-corrected chi connectivity index (χ1v) is 9.72. The van der Waals surface area contributed by atoms with Crippen molar-refractivity contribution < 1.29 is 13.9 Å². The van der Waals surface area contributed by atoms with Crippen LogP contribution in [0.25, 0.3) is 0 Å². The minimum Gasteiger partial charge on any atom is -0.493 e. The summed E-state index contributed by atoms with van der Waals surface area (Å²) in [7, 11) is 1.53. The van der Waals surface area contributed by atoms with E-state index in [1.54, 1.807) is 28.9 Å². The molecule has 0 unspecified atom stereocenters. The summed E-state index contributed by atoms with van der Waals surface area (Å²) in [6.07, 6.45) is 2.05. The molecule has 0 aliphatic rings. The van der Waals surface area contributed by atoms with E-state index in [9.17, 15) is 4.39 Å². The smallest absolute Gasteiger partial charge is 0.243 e. The van der Waals surface area contributed by atoms with E-state index < -0.39 is 0 Å². The number of hydrogen-bond acceptors (Lipinski definition) is 6. The van der Waals surface area contributed by atoms with Crippen LogP contribution in [0.3, 0.4) is 0 Å². The quantitative estimate of drug-likeness (QED) is 0.522. The summed E-state index contributed by atoms with van der Waals surface area (Å²) in [6, 6.07) is 10.0. The van der Waals surface area contributed by atoms with E-state index in [4.69, 9.17) is 21.1 Å². The minimum atomic E-state index is -0.329. The van der Waals surface area contributed by atoms with Gasteiger partial charge in [0.1, 0.15) is 12.4 Å². The normalized spacial score (nSPS) is 10.8. The molecule has 154 valence electrons. The second-order valence-corrected chi connectivity index (χ2v) is 6.83. The van der Waals surface area contributed by atoms with Gasteiger partial charge in [-0.1, -0.05) is 48.2 Å². The van der Waals surface area contributed by atoms with Gasteiger partial charge in [-0.3, -0.25) is 0 Å². The SMILES string of the molecule is CCCCn1nnnc1NCc1cc(Cl)c(OCc2ccccc2F)c(OC)c1. The Hall–Kier alpha value is -2.87. The van der Waals surface area contributed by atoms with Gasteiger partial charge in [0.15, 0.2) is 11.5 Å². The fourth-order valence-electron chi connectivity index (χ4n) is 2.75. The molecule has 0 spiro atoms. The second kappa shape index (κ2) is 10.1. The fraction of sp³-hybridized carbons (Fsp3) is 0.350. The number of ether oxygens (including phenoxy) is 2. The number of methoxy groups -OCH3 is 1. The molecule has 0 saturated heterocycles. The van der Waals surface area contributed by atoms with Crippen LogP contribution in [0.15, 0.2) is 36.4 Å². The number of nitrogens with one attached hydrogen (secondary N) is 1. The Morgan fingerprint density at radius 1 is 1.24 bits per heavy atom.